The fourth-order valence-electron chi connectivity index (χ4n) is 4.14. The Morgan fingerprint density at radius 3 is 2.18 bits per heavy atom. The zero-order chi connectivity index (χ0) is 23.7. The first-order valence-corrected chi connectivity index (χ1v) is 12.0. The highest BCUT2D eigenvalue weighted by atomic mass is 32.1. The summed E-state index contributed by atoms with van der Waals surface area (Å²) in [6.07, 6.45) is 0.405. The molecule has 1 saturated heterocycles. The Bertz CT molecular complexity index is 1290. The smallest absolute Gasteiger partial charge is 0.227 e. The standard InChI is InChI=1S/C25H27N5O3S/c1-17-23-24(30(27-17)19-6-10-21(33-3)11-7-19)26-25(34-23)29-14-12-28(13-15-29)22(31)16-18-4-8-20(32-2)9-5-18/h4-11H,12-16H2,1-3H3. The molecule has 34 heavy (non-hydrogen) atoms. The maximum absolute atomic E-state index is 12.8. The zero-order valence-corrected chi connectivity index (χ0v) is 20.3. The van der Waals surface area contributed by atoms with Crippen molar-refractivity contribution in [3.05, 3.63) is 59.8 Å². The van der Waals surface area contributed by atoms with Gasteiger partial charge in [-0.2, -0.15) is 10.1 Å². The summed E-state index contributed by atoms with van der Waals surface area (Å²) in [7, 11) is 3.30. The second-order valence-corrected chi connectivity index (χ2v) is 9.21. The second-order valence-electron chi connectivity index (χ2n) is 8.24. The number of benzene rings is 2. The van der Waals surface area contributed by atoms with Crippen LogP contribution in [0.4, 0.5) is 5.13 Å². The number of carbonyl (C=O) groups is 1. The molecule has 5 rings (SSSR count). The number of hydrogen-bond donors (Lipinski definition) is 0. The van der Waals surface area contributed by atoms with Gasteiger partial charge in [0.05, 0.1) is 36.7 Å². The van der Waals surface area contributed by atoms with E-state index in [0.717, 1.165) is 57.0 Å². The monoisotopic (exact) mass is 477 g/mol. The van der Waals surface area contributed by atoms with E-state index in [-0.39, 0.29) is 5.91 Å². The van der Waals surface area contributed by atoms with Crippen LogP contribution in [0.1, 0.15) is 11.3 Å². The lowest BCUT2D eigenvalue weighted by Crippen LogP contribution is -2.49. The Morgan fingerprint density at radius 2 is 1.56 bits per heavy atom. The largest absolute Gasteiger partial charge is 0.497 e. The highest BCUT2D eigenvalue weighted by molar-refractivity contribution is 7.22. The van der Waals surface area contributed by atoms with E-state index in [1.165, 1.54) is 0 Å². The molecule has 0 aliphatic carbocycles. The molecule has 0 N–H and O–H groups in total. The summed E-state index contributed by atoms with van der Waals surface area (Å²) in [5.41, 5.74) is 3.77. The van der Waals surface area contributed by atoms with Crippen LogP contribution in [0, 0.1) is 6.92 Å². The Labute approximate surface area is 202 Å². The van der Waals surface area contributed by atoms with Crippen LogP contribution < -0.4 is 14.4 Å². The predicted molar refractivity (Wildman–Crippen MR) is 134 cm³/mol. The molecule has 1 aliphatic heterocycles. The lowest BCUT2D eigenvalue weighted by Gasteiger charge is -2.34. The maximum atomic E-state index is 12.8. The van der Waals surface area contributed by atoms with E-state index in [1.54, 1.807) is 25.6 Å². The highest BCUT2D eigenvalue weighted by Crippen LogP contribution is 2.33. The van der Waals surface area contributed by atoms with Crippen LogP contribution in [-0.2, 0) is 11.2 Å². The minimum absolute atomic E-state index is 0.153. The van der Waals surface area contributed by atoms with Crippen LogP contribution in [0.5, 0.6) is 11.5 Å². The number of aryl methyl sites for hydroxylation is 1. The lowest BCUT2D eigenvalue weighted by molar-refractivity contribution is -0.130. The van der Waals surface area contributed by atoms with Gasteiger partial charge in [-0.1, -0.05) is 23.5 Å². The number of ether oxygens (including phenoxy) is 2. The van der Waals surface area contributed by atoms with E-state index >= 15 is 0 Å². The number of rotatable bonds is 6. The van der Waals surface area contributed by atoms with E-state index < -0.39 is 0 Å². The number of piperazine rings is 1. The summed E-state index contributed by atoms with van der Waals surface area (Å²) in [5, 5.41) is 5.66. The first-order valence-electron chi connectivity index (χ1n) is 11.2. The fraction of sp³-hybridized carbons (Fsp3) is 0.320. The third-order valence-electron chi connectivity index (χ3n) is 6.11. The average Bonchev–Trinajstić information content (AvgIpc) is 3.45. The zero-order valence-electron chi connectivity index (χ0n) is 19.5. The van der Waals surface area contributed by atoms with Crippen LogP contribution in [0.3, 0.4) is 0 Å². The second kappa shape index (κ2) is 9.34. The van der Waals surface area contributed by atoms with E-state index in [4.69, 9.17) is 19.6 Å². The number of methoxy groups -OCH3 is 2. The number of anilines is 1. The molecule has 8 nitrogen and oxygen atoms in total. The Balaban J connectivity index is 1.26. The molecule has 2 aromatic heterocycles. The average molecular weight is 478 g/mol. The summed E-state index contributed by atoms with van der Waals surface area (Å²) in [4.78, 5) is 21.9. The van der Waals surface area contributed by atoms with E-state index in [1.807, 2.05) is 65.0 Å². The molecule has 0 saturated carbocycles. The SMILES string of the molecule is COc1ccc(CC(=O)N2CCN(c3nc4c(s3)c(C)nn4-c3ccc(OC)cc3)CC2)cc1. The van der Waals surface area contributed by atoms with Gasteiger partial charge in [-0.25, -0.2) is 4.68 Å². The third kappa shape index (κ3) is 4.31. The van der Waals surface area contributed by atoms with Gasteiger partial charge in [0.2, 0.25) is 5.91 Å². The molecular formula is C25H27N5O3S. The first-order chi connectivity index (χ1) is 16.6. The van der Waals surface area contributed by atoms with Crippen molar-refractivity contribution in [1.82, 2.24) is 19.7 Å². The lowest BCUT2D eigenvalue weighted by atomic mass is 10.1. The minimum Gasteiger partial charge on any atom is -0.497 e. The summed E-state index contributed by atoms with van der Waals surface area (Å²) in [5.74, 6) is 1.76. The Morgan fingerprint density at radius 1 is 0.941 bits per heavy atom. The molecule has 2 aromatic carbocycles. The van der Waals surface area contributed by atoms with Crippen molar-refractivity contribution >= 4 is 32.7 Å². The van der Waals surface area contributed by atoms with Gasteiger partial charge < -0.3 is 19.3 Å². The van der Waals surface area contributed by atoms with Gasteiger partial charge in [-0.15, -0.1) is 0 Å². The molecular weight excluding hydrogens is 450 g/mol. The van der Waals surface area contributed by atoms with Crippen molar-refractivity contribution in [2.24, 2.45) is 0 Å². The Hall–Kier alpha value is -3.59. The summed E-state index contributed by atoms with van der Waals surface area (Å²) in [6, 6.07) is 15.5. The van der Waals surface area contributed by atoms with Crippen molar-refractivity contribution in [2.75, 3.05) is 45.3 Å². The minimum atomic E-state index is 0.153. The number of nitrogens with zero attached hydrogens (tertiary/aromatic N) is 5. The number of fused-ring (bicyclic) bond motifs is 1. The molecule has 3 heterocycles. The van der Waals surface area contributed by atoms with Gasteiger partial charge in [0, 0.05) is 26.2 Å². The quantitative estimate of drug-likeness (QED) is 0.422. The number of carbonyl (C=O) groups excluding carboxylic acids is 1. The molecule has 0 bridgehead atoms. The van der Waals surface area contributed by atoms with Crippen LogP contribution in [0.25, 0.3) is 16.0 Å². The van der Waals surface area contributed by atoms with E-state index in [2.05, 4.69) is 4.90 Å². The van der Waals surface area contributed by atoms with Crippen molar-refractivity contribution in [1.29, 1.82) is 0 Å². The molecule has 0 spiro atoms. The molecule has 4 aromatic rings. The topological polar surface area (TPSA) is 72.7 Å². The predicted octanol–water partition coefficient (Wildman–Crippen LogP) is 3.70. The number of hydrogen-bond acceptors (Lipinski definition) is 7. The fourth-order valence-corrected chi connectivity index (χ4v) is 5.18. The van der Waals surface area contributed by atoms with Crippen molar-refractivity contribution < 1.29 is 14.3 Å². The van der Waals surface area contributed by atoms with Gasteiger partial charge >= 0.3 is 0 Å². The molecule has 176 valence electrons. The van der Waals surface area contributed by atoms with Crippen LogP contribution >= 0.6 is 11.3 Å². The van der Waals surface area contributed by atoms with E-state index in [0.29, 0.717) is 19.5 Å². The van der Waals surface area contributed by atoms with Crippen molar-refractivity contribution in [3.8, 4) is 17.2 Å². The number of amides is 1. The summed E-state index contributed by atoms with van der Waals surface area (Å²) < 4.78 is 13.4. The van der Waals surface area contributed by atoms with Crippen LogP contribution in [0.15, 0.2) is 48.5 Å². The maximum Gasteiger partial charge on any atom is 0.227 e. The van der Waals surface area contributed by atoms with Gasteiger partial charge in [-0.3, -0.25) is 4.79 Å². The van der Waals surface area contributed by atoms with Crippen molar-refractivity contribution in [3.63, 3.8) is 0 Å². The molecule has 1 amide bonds. The first kappa shape index (κ1) is 22.2. The van der Waals surface area contributed by atoms with Gasteiger partial charge in [0.25, 0.3) is 0 Å². The van der Waals surface area contributed by atoms with Crippen LogP contribution in [0.2, 0.25) is 0 Å². The Kier molecular flexibility index (Phi) is 6.10. The van der Waals surface area contributed by atoms with Crippen LogP contribution in [-0.4, -0.2) is 66.0 Å². The third-order valence-corrected chi connectivity index (χ3v) is 7.33. The van der Waals surface area contributed by atoms with E-state index in [9.17, 15) is 4.79 Å². The summed E-state index contributed by atoms with van der Waals surface area (Å²) in [6.45, 7) is 4.92. The summed E-state index contributed by atoms with van der Waals surface area (Å²) >= 11 is 1.66. The van der Waals surface area contributed by atoms with Gasteiger partial charge in [-0.05, 0) is 48.9 Å². The number of thiazole rings is 1. The van der Waals surface area contributed by atoms with Gasteiger partial charge in [0.1, 0.15) is 11.5 Å². The van der Waals surface area contributed by atoms with Crippen molar-refractivity contribution in [2.45, 2.75) is 13.3 Å². The molecule has 9 heteroatoms. The molecule has 1 fully saturated rings. The molecule has 0 unspecified atom stereocenters. The molecule has 0 radical (unpaired) electrons. The molecule has 1 aliphatic rings. The van der Waals surface area contributed by atoms with Gasteiger partial charge in [0.15, 0.2) is 10.8 Å². The molecule has 0 atom stereocenters. The highest BCUT2D eigenvalue weighted by Gasteiger charge is 2.25. The number of aromatic nitrogens is 3. The normalized spacial score (nSPS) is 14.0.